The zero-order valence-corrected chi connectivity index (χ0v) is 12.1. The lowest BCUT2D eigenvalue weighted by atomic mass is 10.1. The number of halogens is 1. The van der Waals surface area contributed by atoms with E-state index in [0.29, 0.717) is 12.2 Å². The molecule has 0 amide bonds. The lowest BCUT2D eigenvalue weighted by molar-refractivity contribution is 0.0458. The van der Waals surface area contributed by atoms with Gasteiger partial charge in [0, 0.05) is 12.1 Å². The van der Waals surface area contributed by atoms with E-state index in [-0.39, 0.29) is 18.5 Å². The van der Waals surface area contributed by atoms with E-state index < -0.39 is 0 Å². The Morgan fingerprint density at radius 2 is 2.05 bits per heavy atom. The molecule has 0 fully saturated rings. The van der Waals surface area contributed by atoms with Crippen molar-refractivity contribution in [2.75, 3.05) is 0 Å². The van der Waals surface area contributed by atoms with Crippen molar-refractivity contribution in [2.45, 2.75) is 65.2 Å². The third-order valence-electron chi connectivity index (χ3n) is 3.33. The molecular formula is C16H26FNO. The van der Waals surface area contributed by atoms with Gasteiger partial charge in [-0.25, -0.2) is 4.39 Å². The fraction of sp³-hybridized carbons (Fsp3) is 0.625. The van der Waals surface area contributed by atoms with Crippen LogP contribution in [0.5, 0.6) is 0 Å². The van der Waals surface area contributed by atoms with Gasteiger partial charge in [0.1, 0.15) is 5.82 Å². The number of nitrogens with two attached hydrogens (primary N) is 1. The standard InChI is InChI=1S/C16H26FNO/c1-3-4-5-6-7-13(2)19-12-14-8-9-16(17)15(10-14)11-18/h8-10,13H,3-7,11-12,18H2,1-2H3. The Morgan fingerprint density at radius 1 is 1.26 bits per heavy atom. The number of benzene rings is 1. The number of ether oxygens (including phenoxy) is 1. The van der Waals surface area contributed by atoms with Crippen molar-refractivity contribution >= 4 is 0 Å². The van der Waals surface area contributed by atoms with Gasteiger partial charge in [0.25, 0.3) is 0 Å². The van der Waals surface area contributed by atoms with Gasteiger partial charge in [-0.05, 0) is 31.0 Å². The molecular weight excluding hydrogens is 241 g/mol. The van der Waals surface area contributed by atoms with Gasteiger partial charge in [-0.2, -0.15) is 0 Å². The summed E-state index contributed by atoms with van der Waals surface area (Å²) in [6, 6.07) is 5.02. The molecule has 0 bridgehead atoms. The molecule has 1 unspecified atom stereocenters. The summed E-state index contributed by atoms with van der Waals surface area (Å²) in [4.78, 5) is 0. The van der Waals surface area contributed by atoms with E-state index >= 15 is 0 Å². The molecule has 0 aromatic heterocycles. The van der Waals surface area contributed by atoms with Crippen LogP contribution in [0.25, 0.3) is 0 Å². The van der Waals surface area contributed by atoms with Crippen LogP contribution in [0.1, 0.15) is 57.1 Å². The van der Waals surface area contributed by atoms with Gasteiger partial charge in [0.2, 0.25) is 0 Å². The van der Waals surface area contributed by atoms with E-state index in [2.05, 4.69) is 13.8 Å². The average molecular weight is 267 g/mol. The fourth-order valence-corrected chi connectivity index (χ4v) is 2.05. The van der Waals surface area contributed by atoms with Crippen LogP contribution in [0.2, 0.25) is 0 Å². The smallest absolute Gasteiger partial charge is 0.127 e. The highest BCUT2D eigenvalue weighted by molar-refractivity contribution is 5.24. The van der Waals surface area contributed by atoms with Gasteiger partial charge in [-0.15, -0.1) is 0 Å². The molecule has 2 N–H and O–H groups in total. The van der Waals surface area contributed by atoms with Gasteiger partial charge in [0.15, 0.2) is 0 Å². The van der Waals surface area contributed by atoms with Crippen LogP contribution < -0.4 is 5.73 Å². The Morgan fingerprint density at radius 3 is 2.74 bits per heavy atom. The molecule has 0 saturated carbocycles. The Bertz CT molecular complexity index is 368. The maximum atomic E-state index is 13.3. The van der Waals surface area contributed by atoms with Crippen LogP contribution in [-0.2, 0) is 17.9 Å². The highest BCUT2D eigenvalue weighted by atomic mass is 19.1. The molecule has 1 rings (SSSR count). The SMILES string of the molecule is CCCCCCC(C)OCc1ccc(F)c(CN)c1. The van der Waals surface area contributed by atoms with Crippen molar-refractivity contribution in [3.8, 4) is 0 Å². The molecule has 108 valence electrons. The van der Waals surface area contributed by atoms with Gasteiger partial charge in [-0.3, -0.25) is 0 Å². The van der Waals surface area contributed by atoms with Crippen LogP contribution in [0.4, 0.5) is 4.39 Å². The summed E-state index contributed by atoms with van der Waals surface area (Å²) < 4.78 is 19.1. The number of rotatable bonds is 9. The van der Waals surface area contributed by atoms with E-state index in [4.69, 9.17) is 10.5 Å². The maximum Gasteiger partial charge on any atom is 0.127 e. The zero-order valence-electron chi connectivity index (χ0n) is 12.1. The van der Waals surface area contributed by atoms with Crippen molar-refractivity contribution in [3.05, 3.63) is 35.1 Å². The molecule has 0 aliphatic rings. The van der Waals surface area contributed by atoms with E-state index in [1.54, 1.807) is 12.1 Å². The summed E-state index contributed by atoms with van der Waals surface area (Å²) in [5, 5.41) is 0. The molecule has 0 saturated heterocycles. The summed E-state index contributed by atoms with van der Waals surface area (Å²) in [5.74, 6) is -0.237. The summed E-state index contributed by atoms with van der Waals surface area (Å²) in [5.41, 5.74) is 7.03. The highest BCUT2D eigenvalue weighted by Gasteiger charge is 2.05. The first kappa shape index (κ1) is 16.1. The van der Waals surface area contributed by atoms with E-state index in [1.165, 1.54) is 31.7 Å². The molecule has 1 aromatic rings. The minimum absolute atomic E-state index is 0.228. The Hall–Kier alpha value is -0.930. The molecule has 3 heteroatoms. The summed E-state index contributed by atoms with van der Waals surface area (Å²) in [6.45, 7) is 5.07. The van der Waals surface area contributed by atoms with Crippen LogP contribution >= 0.6 is 0 Å². The topological polar surface area (TPSA) is 35.2 Å². The minimum atomic E-state index is -0.237. The number of hydrogen-bond acceptors (Lipinski definition) is 2. The van der Waals surface area contributed by atoms with E-state index in [0.717, 1.165) is 12.0 Å². The second kappa shape index (κ2) is 9.05. The molecule has 19 heavy (non-hydrogen) atoms. The van der Waals surface area contributed by atoms with E-state index in [1.807, 2.05) is 0 Å². The lowest BCUT2D eigenvalue weighted by Gasteiger charge is -2.13. The van der Waals surface area contributed by atoms with Crippen molar-refractivity contribution < 1.29 is 9.13 Å². The van der Waals surface area contributed by atoms with E-state index in [9.17, 15) is 4.39 Å². The highest BCUT2D eigenvalue weighted by Crippen LogP contribution is 2.13. The van der Waals surface area contributed by atoms with Gasteiger partial charge in [0.05, 0.1) is 12.7 Å². The molecule has 0 heterocycles. The van der Waals surface area contributed by atoms with Crippen molar-refractivity contribution in [3.63, 3.8) is 0 Å². The lowest BCUT2D eigenvalue weighted by Crippen LogP contribution is -2.09. The zero-order chi connectivity index (χ0) is 14.1. The largest absolute Gasteiger partial charge is 0.374 e. The number of hydrogen-bond donors (Lipinski definition) is 1. The second-order valence-electron chi connectivity index (χ2n) is 5.10. The van der Waals surface area contributed by atoms with Gasteiger partial charge in [-0.1, -0.05) is 38.7 Å². The monoisotopic (exact) mass is 267 g/mol. The normalized spacial score (nSPS) is 12.6. The average Bonchev–Trinajstić information content (AvgIpc) is 2.42. The van der Waals surface area contributed by atoms with Crippen LogP contribution in [0.15, 0.2) is 18.2 Å². The third-order valence-corrected chi connectivity index (χ3v) is 3.33. The molecule has 0 aliphatic heterocycles. The van der Waals surface area contributed by atoms with Crippen LogP contribution in [-0.4, -0.2) is 6.10 Å². The van der Waals surface area contributed by atoms with Crippen molar-refractivity contribution in [1.29, 1.82) is 0 Å². The predicted molar refractivity (Wildman–Crippen MR) is 77.3 cm³/mol. The summed E-state index contributed by atoms with van der Waals surface area (Å²) >= 11 is 0. The minimum Gasteiger partial charge on any atom is -0.374 e. The quantitative estimate of drug-likeness (QED) is 0.682. The number of unbranched alkanes of at least 4 members (excludes halogenated alkanes) is 3. The predicted octanol–water partition coefficient (Wildman–Crippen LogP) is 4.16. The third kappa shape index (κ3) is 6.17. The van der Waals surface area contributed by atoms with Gasteiger partial charge < -0.3 is 10.5 Å². The fourth-order valence-electron chi connectivity index (χ4n) is 2.05. The second-order valence-corrected chi connectivity index (χ2v) is 5.10. The molecule has 1 atom stereocenters. The molecule has 1 aromatic carbocycles. The Labute approximate surface area is 116 Å². The summed E-state index contributed by atoms with van der Waals surface area (Å²) in [6.07, 6.45) is 6.38. The maximum absolute atomic E-state index is 13.3. The van der Waals surface area contributed by atoms with Crippen molar-refractivity contribution in [1.82, 2.24) is 0 Å². The molecule has 0 radical (unpaired) electrons. The summed E-state index contributed by atoms with van der Waals surface area (Å²) in [7, 11) is 0. The Balaban J connectivity index is 2.31. The Kier molecular flexibility index (Phi) is 7.68. The van der Waals surface area contributed by atoms with Crippen molar-refractivity contribution in [2.24, 2.45) is 5.73 Å². The van der Waals surface area contributed by atoms with Crippen LogP contribution in [0, 0.1) is 5.82 Å². The first-order chi connectivity index (χ1) is 9.17. The van der Waals surface area contributed by atoms with Crippen LogP contribution in [0.3, 0.4) is 0 Å². The first-order valence-electron chi connectivity index (χ1n) is 7.26. The molecule has 0 spiro atoms. The molecule has 0 aliphatic carbocycles. The first-order valence-corrected chi connectivity index (χ1v) is 7.26. The molecule has 2 nitrogen and oxygen atoms in total. The van der Waals surface area contributed by atoms with Gasteiger partial charge >= 0.3 is 0 Å².